The van der Waals surface area contributed by atoms with E-state index < -0.39 is 0 Å². The van der Waals surface area contributed by atoms with E-state index in [9.17, 15) is 0 Å². The number of thiophene rings is 1. The molecule has 0 unspecified atom stereocenters. The maximum absolute atomic E-state index is 6.26. The first-order valence-electron chi connectivity index (χ1n) is 20.8. The fourth-order valence-corrected chi connectivity index (χ4v) is 10.5. The van der Waals surface area contributed by atoms with E-state index in [4.69, 9.17) is 19.4 Å². The molecule has 3 heterocycles. The van der Waals surface area contributed by atoms with Crippen LogP contribution in [0.25, 0.3) is 131 Å². The zero-order valence-electron chi connectivity index (χ0n) is 33.2. The van der Waals surface area contributed by atoms with Crippen molar-refractivity contribution in [3.8, 4) is 56.4 Å². The van der Waals surface area contributed by atoms with Crippen molar-refractivity contribution < 1.29 is 4.42 Å². The minimum Gasteiger partial charge on any atom is -0.456 e. The predicted octanol–water partition coefficient (Wildman–Crippen LogP) is 15.9. The van der Waals surface area contributed by atoms with Crippen molar-refractivity contribution in [2.75, 3.05) is 0 Å². The number of benzene rings is 10. The van der Waals surface area contributed by atoms with Crippen molar-refractivity contribution in [1.82, 2.24) is 15.0 Å². The number of furan rings is 1. The molecule has 13 rings (SSSR count). The summed E-state index contributed by atoms with van der Waals surface area (Å²) >= 11 is 1.85. The smallest absolute Gasteiger partial charge is 0.164 e. The zero-order valence-corrected chi connectivity index (χ0v) is 34.0. The van der Waals surface area contributed by atoms with E-state index >= 15 is 0 Å². The van der Waals surface area contributed by atoms with Crippen LogP contribution < -0.4 is 0 Å². The molecule has 0 atom stereocenters. The van der Waals surface area contributed by atoms with E-state index in [0.717, 1.165) is 82.4 Å². The molecule has 0 N–H and O–H groups in total. The lowest BCUT2D eigenvalue weighted by atomic mass is 9.92. The van der Waals surface area contributed by atoms with Gasteiger partial charge in [0.1, 0.15) is 11.2 Å². The van der Waals surface area contributed by atoms with Gasteiger partial charge in [0.05, 0.1) is 0 Å². The van der Waals surface area contributed by atoms with Crippen LogP contribution in [-0.2, 0) is 0 Å². The van der Waals surface area contributed by atoms with Crippen LogP contribution in [-0.4, -0.2) is 15.0 Å². The largest absolute Gasteiger partial charge is 0.456 e. The lowest BCUT2D eigenvalue weighted by Gasteiger charge is -2.15. The van der Waals surface area contributed by atoms with E-state index in [1.54, 1.807) is 0 Å². The fourth-order valence-electron chi connectivity index (χ4n) is 9.38. The summed E-state index contributed by atoms with van der Waals surface area (Å²) in [5.41, 5.74) is 9.11. The van der Waals surface area contributed by atoms with Crippen LogP contribution in [0.5, 0.6) is 0 Å². The molecule has 0 radical (unpaired) electrons. The third-order valence-corrected chi connectivity index (χ3v) is 13.4. The van der Waals surface area contributed by atoms with Gasteiger partial charge in [-0.25, -0.2) is 15.0 Å². The maximum atomic E-state index is 6.26. The van der Waals surface area contributed by atoms with E-state index in [2.05, 4.69) is 164 Å². The Morgan fingerprint density at radius 3 is 1.76 bits per heavy atom. The average Bonchev–Trinajstić information content (AvgIpc) is 3.90. The molecule has 3 aromatic heterocycles. The van der Waals surface area contributed by atoms with E-state index in [1.165, 1.54) is 30.9 Å². The second-order valence-electron chi connectivity index (χ2n) is 15.9. The Hall–Kier alpha value is -7.99. The van der Waals surface area contributed by atoms with Crippen LogP contribution in [0, 0.1) is 0 Å². The second-order valence-corrected chi connectivity index (χ2v) is 17.0. The molecule has 0 fully saturated rings. The van der Waals surface area contributed by atoms with Crippen molar-refractivity contribution in [1.29, 1.82) is 0 Å². The minimum absolute atomic E-state index is 0.625. The van der Waals surface area contributed by atoms with Crippen LogP contribution in [0.4, 0.5) is 0 Å². The molecule has 0 saturated carbocycles. The van der Waals surface area contributed by atoms with Crippen LogP contribution in [0.15, 0.2) is 205 Å². The molecule has 62 heavy (non-hydrogen) atoms. The summed E-state index contributed by atoms with van der Waals surface area (Å²) in [6, 6.07) is 71.0. The first-order valence-corrected chi connectivity index (χ1v) is 21.6. The first-order chi connectivity index (χ1) is 30.7. The number of fused-ring (bicyclic) bond motifs is 9. The Kier molecular flexibility index (Phi) is 7.74. The predicted molar refractivity (Wildman–Crippen MR) is 260 cm³/mol. The average molecular weight is 808 g/mol. The molecule has 4 nitrogen and oxygen atoms in total. The van der Waals surface area contributed by atoms with E-state index in [-0.39, 0.29) is 0 Å². The number of para-hydroxylation sites is 1. The number of hydrogen-bond acceptors (Lipinski definition) is 5. The Labute approximate surface area is 360 Å². The number of nitrogens with zero attached hydrogens (tertiary/aromatic N) is 3. The number of aromatic nitrogens is 3. The van der Waals surface area contributed by atoms with E-state index in [1.807, 2.05) is 47.7 Å². The SMILES string of the molecule is c1ccc(-c2nc(-c3cc4ccccc4cc3-c3cccc4sc5cc6ccccc6cc5c34)nc(-c3cccc4cc(-c5cccc6oc7ccccc7c56)ccc34)n2)cc1. The van der Waals surface area contributed by atoms with Gasteiger partial charge in [-0.05, 0) is 103 Å². The molecule has 10 aromatic carbocycles. The molecule has 0 saturated heterocycles. The Bertz CT molecular complexity index is 3940. The minimum atomic E-state index is 0.625. The van der Waals surface area contributed by atoms with Gasteiger partial charge in [0.25, 0.3) is 0 Å². The van der Waals surface area contributed by atoms with Gasteiger partial charge < -0.3 is 4.42 Å². The van der Waals surface area contributed by atoms with Crippen LogP contribution >= 0.6 is 11.3 Å². The van der Waals surface area contributed by atoms with E-state index in [0.29, 0.717) is 17.5 Å². The normalized spacial score (nSPS) is 11.9. The second kappa shape index (κ2) is 13.8. The van der Waals surface area contributed by atoms with Gasteiger partial charge in [0, 0.05) is 47.6 Å². The summed E-state index contributed by atoms with van der Waals surface area (Å²) in [6.07, 6.45) is 0. The highest BCUT2D eigenvalue weighted by atomic mass is 32.1. The molecule has 0 aliphatic rings. The monoisotopic (exact) mass is 807 g/mol. The molecule has 0 amide bonds. The summed E-state index contributed by atoms with van der Waals surface area (Å²) in [7, 11) is 0. The summed E-state index contributed by atoms with van der Waals surface area (Å²) in [5.74, 6) is 1.88. The first kappa shape index (κ1) is 34.8. The van der Waals surface area contributed by atoms with Gasteiger partial charge in [-0.15, -0.1) is 11.3 Å². The van der Waals surface area contributed by atoms with Crippen LogP contribution in [0.2, 0.25) is 0 Å². The van der Waals surface area contributed by atoms with Gasteiger partial charge in [-0.1, -0.05) is 152 Å². The lowest BCUT2D eigenvalue weighted by molar-refractivity contribution is 0.669. The number of hydrogen-bond donors (Lipinski definition) is 0. The summed E-state index contributed by atoms with van der Waals surface area (Å²) < 4.78 is 8.79. The third-order valence-electron chi connectivity index (χ3n) is 12.3. The van der Waals surface area contributed by atoms with Crippen molar-refractivity contribution >= 4 is 85.8 Å². The molecule has 0 aliphatic carbocycles. The highest BCUT2D eigenvalue weighted by molar-refractivity contribution is 7.26. The van der Waals surface area contributed by atoms with Crippen molar-refractivity contribution in [2.45, 2.75) is 0 Å². The van der Waals surface area contributed by atoms with Crippen molar-refractivity contribution in [3.05, 3.63) is 200 Å². The molecule has 288 valence electrons. The van der Waals surface area contributed by atoms with Gasteiger partial charge >= 0.3 is 0 Å². The Morgan fingerprint density at radius 2 is 0.919 bits per heavy atom. The lowest BCUT2D eigenvalue weighted by Crippen LogP contribution is -2.01. The Morgan fingerprint density at radius 1 is 0.306 bits per heavy atom. The molecule has 13 aromatic rings. The number of rotatable bonds is 5. The molecule has 0 bridgehead atoms. The topological polar surface area (TPSA) is 51.8 Å². The molecular weight excluding hydrogens is 775 g/mol. The van der Waals surface area contributed by atoms with Gasteiger partial charge in [0.15, 0.2) is 17.5 Å². The van der Waals surface area contributed by atoms with Crippen LogP contribution in [0.3, 0.4) is 0 Å². The quantitative estimate of drug-likeness (QED) is 0.174. The maximum Gasteiger partial charge on any atom is 0.164 e. The van der Waals surface area contributed by atoms with Gasteiger partial charge in [-0.3, -0.25) is 0 Å². The standard InChI is InChI=1S/C57H33N3OS/c1-2-13-34(14-3-1)55-58-56(44-23-10-19-39-29-40(27-28-41(39)44)42-21-11-25-50-53(42)45-20-8-9-24-49(45)61-50)60-57(59-55)47-31-36-16-5-4-15-35(36)30-46(47)43-22-12-26-51-54(43)48-32-37-17-6-7-18-38(37)33-52(48)62-51/h1-33H. The summed E-state index contributed by atoms with van der Waals surface area (Å²) in [6.45, 7) is 0. The fraction of sp³-hybridized carbons (Fsp3) is 0. The zero-order chi connectivity index (χ0) is 40.7. The molecular formula is C57H33N3OS. The summed E-state index contributed by atoms with van der Waals surface area (Å²) in [4.78, 5) is 16.0. The Balaban J connectivity index is 1.04. The van der Waals surface area contributed by atoms with Gasteiger partial charge in [-0.2, -0.15) is 0 Å². The summed E-state index contributed by atoms with van der Waals surface area (Å²) in [5, 5.41) is 11.7. The highest BCUT2D eigenvalue weighted by Crippen LogP contribution is 2.45. The molecule has 5 heteroatoms. The van der Waals surface area contributed by atoms with Crippen molar-refractivity contribution in [2.24, 2.45) is 0 Å². The van der Waals surface area contributed by atoms with Crippen LogP contribution in [0.1, 0.15) is 0 Å². The molecule has 0 spiro atoms. The highest BCUT2D eigenvalue weighted by Gasteiger charge is 2.21. The third kappa shape index (κ3) is 5.56. The molecule has 0 aliphatic heterocycles. The van der Waals surface area contributed by atoms with Crippen molar-refractivity contribution in [3.63, 3.8) is 0 Å². The van der Waals surface area contributed by atoms with Gasteiger partial charge in [0.2, 0.25) is 0 Å².